The SMILES string of the molecule is CC(C)[C@H](NC(=O)c1ccccc1O)C(=O)N1CCC(Oc2ccccc2F)CC1. The molecule has 1 saturated heterocycles. The quantitative estimate of drug-likeness (QED) is 0.760. The third-order valence-corrected chi connectivity index (χ3v) is 5.25. The number of rotatable bonds is 6. The van der Waals surface area contributed by atoms with Crippen LogP contribution in [0.25, 0.3) is 0 Å². The number of phenolic OH excluding ortho intramolecular Hbond substituents is 1. The van der Waals surface area contributed by atoms with Crippen LogP contribution >= 0.6 is 0 Å². The smallest absolute Gasteiger partial charge is 0.255 e. The minimum Gasteiger partial charge on any atom is -0.507 e. The molecule has 0 bridgehead atoms. The molecule has 0 aromatic heterocycles. The maximum atomic E-state index is 13.8. The van der Waals surface area contributed by atoms with Crippen LogP contribution in [0.2, 0.25) is 0 Å². The van der Waals surface area contributed by atoms with Crippen molar-refractivity contribution in [2.24, 2.45) is 5.92 Å². The van der Waals surface area contributed by atoms with Gasteiger partial charge in [-0.25, -0.2) is 4.39 Å². The zero-order valence-corrected chi connectivity index (χ0v) is 17.2. The molecule has 2 aromatic rings. The highest BCUT2D eigenvalue weighted by Gasteiger charge is 2.32. The molecular weight excluding hydrogens is 387 g/mol. The number of ether oxygens (including phenoxy) is 1. The fourth-order valence-electron chi connectivity index (χ4n) is 3.51. The monoisotopic (exact) mass is 414 g/mol. The molecule has 0 saturated carbocycles. The van der Waals surface area contributed by atoms with Gasteiger partial charge in [0.25, 0.3) is 5.91 Å². The summed E-state index contributed by atoms with van der Waals surface area (Å²) >= 11 is 0. The van der Waals surface area contributed by atoms with Crippen LogP contribution in [0.15, 0.2) is 48.5 Å². The van der Waals surface area contributed by atoms with E-state index in [0.29, 0.717) is 25.9 Å². The Kier molecular flexibility index (Phi) is 6.92. The van der Waals surface area contributed by atoms with Crippen molar-refractivity contribution in [2.45, 2.75) is 38.8 Å². The Balaban J connectivity index is 1.59. The summed E-state index contributed by atoms with van der Waals surface area (Å²) in [6, 6.07) is 11.8. The first-order chi connectivity index (χ1) is 14.4. The Labute approximate surface area is 175 Å². The van der Waals surface area contributed by atoms with Gasteiger partial charge in [-0.05, 0) is 30.2 Å². The van der Waals surface area contributed by atoms with Gasteiger partial charge in [0, 0.05) is 25.9 Å². The number of para-hydroxylation sites is 2. The lowest BCUT2D eigenvalue weighted by atomic mass is 9.99. The molecule has 7 heteroatoms. The van der Waals surface area contributed by atoms with Crippen LogP contribution in [-0.4, -0.2) is 47.1 Å². The van der Waals surface area contributed by atoms with Gasteiger partial charge >= 0.3 is 0 Å². The number of likely N-dealkylation sites (tertiary alicyclic amines) is 1. The molecule has 2 aromatic carbocycles. The lowest BCUT2D eigenvalue weighted by Gasteiger charge is -2.35. The van der Waals surface area contributed by atoms with E-state index in [1.807, 2.05) is 13.8 Å². The highest BCUT2D eigenvalue weighted by atomic mass is 19.1. The van der Waals surface area contributed by atoms with Crippen LogP contribution in [-0.2, 0) is 4.79 Å². The number of aromatic hydroxyl groups is 1. The molecule has 0 unspecified atom stereocenters. The molecule has 3 rings (SSSR count). The van der Waals surface area contributed by atoms with Gasteiger partial charge in [-0.15, -0.1) is 0 Å². The van der Waals surface area contributed by atoms with Crippen LogP contribution in [0, 0.1) is 11.7 Å². The molecule has 1 atom stereocenters. The topological polar surface area (TPSA) is 78.9 Å². The van der Waals surface area contributed by atoms with Gasteiger partial charge in [0.2, 0.25) is 5.91 Å². The number of carbonyl (C=O) groups is 2. The van der Waals surface area contributed by atoms with Crippen molar-refractivity contribution in [2.75, 3.05) is 13.1 Å². The van der Waals surface area contributed by atoms with E-state index in [0.717, 1.165) is 0 Å². The van der Waals surface area contributed by atoms with Crippen LogP contribution in [0.5, 0.6) is 11.5 Å². The van der Waals surface area contributed by atoms with Gasteiger partial charge in [0.15, 0.2) is 11.6 Å². The fraction of sp³-hybridized carbons (Fsp3) is 0.391. The zero-order chi connectivity index (χ0) is 21.7. The minimum absolute atomic E-state index is 0.125. The van der Waals surface area contributed by atoms with Gasteiger partial charge in [0.05, 0.1) is 5.56 Å². The van der Waals surface area contributed by atoms with Gasteiger partial charge in [0.1, 0.15) is 17.9 Å². The lowest BCUT2D eigenvalue weighted by Crippen LogP contribution is -2.53. The van der Waals surface area contributed by atoms with Crippen molar-refractivity contribution in [3.63, 3.8) is 0 Å². The van der Waals surface area contributed by atoms with E-state index in [1.165, 1.54) is 18.2 Å². The Bertz CT molecular complexity index is 894. The van der Waals surface area contributed by atoms with Gasteiger partial charge in [-0.3, -0.25) is 9.59 Å². The van der Waals surface area contributed by atoms with E-state index in [2.05, 4.69) is 5.32 Å². The van der Waals surface area contributed by atoms with E-state index in [1.54, 1.807) is 35.2 Å². The van der Waals surface area contributed by atoms with Crippen molar-refractivity contribution >= 4 is 11.8 Å². The average Bonchev–Trinajstić information content (AvgIpc) is 2.73. The predicted octanol–water partition coefficient (Wildman–Crippen LogP) is 3.36. The Morgan fingerprint density at radius 1 is 1.10 bits per heavy atom. The van der Waals surface area contributed by atoms with E-state index in [-0.39, 0.29) is 35.0 Å². The number of halogens is 1. The Morgan fingerprint density at radius 3 is 2.37 bits per heavy atom. The normalized spacial score (nSPS) is 15.7. The first kappa shape index (κ1) is 21.6. The zero-order valence-electron chi connectivity index (χ0n) is 17.2. The summed E-state index contributed by atoms with van der Waals surface area (Å²) < 4.78 is 19.5. The first-order valence-corrected chi connectivity index (χ1v) is 10.2. The summed E-state index contributed by atoms with van der Waals surface area (Å²) in [4.78, 5) is 27.3. The van der Waals surface area contributed by atoms with Crippen LogP contribution in [0.4, 0.5) is 4.39 Å². The third kappa shape index (κ3) is 5.09. The number of nitrogens with zero attached hydrogens (tertiary/aromatic N) is 1. The molecule has 0 aliphatic carbocycles. The number of hydrogen-bond donors (Lipinski definition) is 2. The Morgan fingerprint density at radius 2 is 1.73 bits per heavy atom. The molecular formula is C23H27FN2O4. The van der Waals surface area contributed by atoms with Crippen molar-refractivity contribution in [3.8, 4) is 11.5 Å². The van der Waals surface area contributed by atoms with Gasteiger partial charge in [-0.1, -0.05) is 38.1 Å². The molecule has 2 amide bonds. The number of nitrogens with one attached hydrogen (secondary N) is 1. The molecule has 30 heavy (non-hydrogen) atoms. The maximum Gasteiger partial charge on any atom is 0.255 e. The predicted molar refractivity (Wildman–Crippen MR) is 111 cm³/mol. The first-order valence-electron chi connectivity index (χ1n) is 10.2. The van der Waals surface area contributed by atoms with Gasteiger partial charge in [-0.2, -0.15) is 0 Å². The lowest BCUT2D eigenvalue weighted by molar-refractivity contribution is -0.136. The maximum absolute atomic E-state index is 13.8. The second kappa shape index (κ2) is 9.61. The number of amides is 2. The summed E-state index contributed by atoms with van der Waals surface area (Å²) in [6.45, 7) is 4.66. The molecule has 0 radical (unpaired) electrons. The number of benzene rings is 2. The summed E-state index contributed by atoms with van der Waals surface area (Å²) in [6.07, 6.45) is 0.996. The minimum atomic E-state index is -0.707. The average molecular weight is 414 g/mol. The second-order valence-electron chi connectivity index (χ2n) is 7.79. The molecule has 0 spiro atoms. The van der Waals surface area contributed by atoms with Gasteiger partial charge < -0.3 is 20.1 Å². The largest absolute Gasteiger partial charge is 0.507 e. The van der Waals surface area contributed by atoms with Crippen LogP contribution in [0.1, 0.15) is 37.0 Å². The van der Waals surface area contributed by atoms with Crippen molar-refractivity contribution < 1.29 is 23.8 Å². The van der Waals surface area contributed by atoms with E-state index in [9.17, 15) is 19.1 Å². The summed E-state index contributed by atoms with van der Waals surface area (Å²) in [5, 5.41) is 12.7. The highest BCUT2D eigenvalue weighted by molar-refractivity contribution is 5.99. The molecule has 1 aliphatic heterocycles. The van der Waals surface area contributed by atoms with Crippen molar-refractivity contribution in [1.82, 2.24) is 10.2 Å². The molecule has 1 heterocycles. The second-order valence-corrected chi connectivity index (χ2v) is 7.79. The number of hydrogen-bond acceptors (Lipinski definition) is 4. The third-order valence-electron chi connectivity index (χ3n) is 5.25. The summed E-state index contributed by atoms with van der Waals surface area (Å²) in [5.41, 5.74) is 0.132. The standard InChI is InChI=1S/C23H27FN2O4/c1-15(2)21(25-22(28)17-7-3-5-9-19(17)27)23(29)26-13-11-16(12-14-26)30-20-10-6-4-8-18(20)24/h3-10,15-16,21,27H,11-14H2,1-2H3,(H,25,28)/t21-/m0/s1. The molecule has 2 N–H and O–H groups in total. The molecule has 6 nitrogen and oxygen atoms in total. The van der Waals surface area contributed by atoms with E-state index >= 15 is 0 Å². The van der Waals surface area contributed by atoms with Crippen LogP contribution in [0.3, 0.4) is 0 Å². The molecule has 1 aliphatic rings. The molecule has 160 valence electrons. The fourth-order valence-corrected chi connectivity index (χ4v) is 3.51. The van der Waals surface area contributed by atoms with E-state index < -0.39 is 17.8 Å². The number of phenols is 1. The Hall–Kier alpha value is -3.09. The van der Waals surface area contributed by atoms with Crippen LogP contribution < -0.4 is 10.1 Å². The van der Waals surface area contributed by atoms with Crippen molar-refractivity contribution in [1.29, 1.82) is 0 Å². The highest BCUT2D eigenvalue weighted by Crippen LogP contribution is 2.23. The molecule has 1 fully saturated rings. The number of carbonyl (C=O) groups excluding carboxylic acids is 2. The van der Waals surface area contributed by atoms with Crippen molar-refractivity contribution in [3.05, 3.63) is 59.9 Å². The number of piperidine rings is 1. The summed E-state index contributed by atoms with van der Waals surface area (Å²) in [7, 11) is 0. The van der Waals surface area contributed by atoms with E-state index in [4.69, 9.17) is 4.74 Å². The summed E-state index contributed by atoms with van der Waals surface area (Å²) in [5.74, 6) is -1.09.